The summed E-state index contributed by atoms with van der Waals surface area (Å²) in [7, 11) is -1.14. The van der Waals surface area contributed by atoms with E-state index < -0.39 is 9.73 Å². The molecule has 8 nitrogen and oxygen atoms in total. The topological polar surface area (TPSA) is 100 Å². The van der Waals surface area contributed by atoms with Crippen LogP contribution in [0, 0.1) is 11.7 Å². The first kappa shape index (κ1) is 22.3. The summed E-state index contributed by atoms with van der Waals surface area (Å²) in [4.78, 5) is 20.7. The zero-order valence-corrected chi connectivity index (χ0v) is 19.7. The van der Waals surface area contributed by atoms with Crippen LogP contribution in [0.25, 0.3) is 10.9 Å². The van der Waals surface area contributed by atoms with Gasteiger partial charge in [-0.25, -0.2) is 14.0 Å². The average Bonchev–Trinajstić information content (AvgIpc) is 2.76. The fraction of sp³-hybridized carbons (Fsp3) is 0.391. The number of anilines is 2. The van der Waals surface area contributed by atoms with E-state index in [2.05, 4.69) is 10.2 Å². The molecule has 3 aromatic rings. The first-order chi connectivity index (χ1) is 15.2. The van der Waals surface area contributed by atoms with Crippen molar-refractivity contribution in [2.24, 2.45) is 7.05 Å². The van der Waals surface area contributed by atoms with Crippen molar-refractivity contribution in [3.63, 3.8) is 0 Å². The lowest BCUT2D eigenvalue weighted by Crippen LogP contribution is -2.40. The smallest absolute Gasteiger partial charge is 0.262 e. The number of ether oxygens (including phenoxy) is 1. The molecule has 1 aliphatic heterocycles. The molecule has 0 unspecified atom stereocenters. The van der Waals surface area contributed by atoms with Crippen LogP contribution in [0.15, 0.2) is 46.1 Å². The number of fused-ring (bicyclic) bond motifs is 1. The van der Waals surface area contributed by atoms with Gasteiger partial charge >= 0.3 is 0 Å². The molecule has 170 valence electrons. The zero-order chi connectivity index (χ0) is 23.0. The lowest BCUT2D eigenvalue weighted by atomic mass is 10.0. The second kappa shape index (κ2) is 8.55. The minimum absolute atomic E-state index is 0.0863. The molecule has 2 aromatic carbocycles. The molecular formula is C23H29N5O3S. The van der Waals surface area contributed by atoms with Gasteiger partial charge in [0.25, 0.3) is 5.56 Å². The van der Waals surface area contributed by atoms with Crippen LogP contribution in [0.5, 0.6) is 0 Å². The van der Waals surface area contributed by atoms with Gasteiger partial charge in [0, 0.05) is 32.0 Å². The lowest BCUT2D eigenvalue weighted by Gasteiger charge is -2.29. The van der Waals surface area contributed by atoms with Gasteiger partial charge in [-0.2, -0.15) is 0 Å². The minimum Gasteiger partial charge on any atom is -0.378 e. The van der Waals surface area contributed by atoms with Crippen molar-refractivity contribution in [3.05, 3.63) is 57.9 Å². The number of nitrogens with one attached hydrogen (secondary N) is 2. The quantitative estimate of drug-likeness (QED) is 0.612. The number of aryl methyl sites for hydroxylation is 1. The van der Waals surface area contributed by atoms with Gasteiger partial charge in [0.15, 0.2) is 0 Å². The molecule has 0 amide bonds. The Bertz CT molecular complexity index is 1330. The predicted molar refractivity (Wildman–Crippen MR) is 128 cm³/mol. The molecule has 0 radical (unpaired) electrons. The van der Waals surface area contributed by atoms with E-state index in [1.165, 1.54) is 6.26 Å². The molecule has 1 aromatic heterocycles. The molecule has 32 heavy (non-hydrogen) atoms. The van der Waals surface area contributed by atoms with Crippen LogP contribution in [0.4, 0.5) is 11.6 Å². The normalized spacial score (nSPS) is 17.2. The number of morpholine rings is 1. The molecule has 1 fully saturated rings. The standard InChI is InChI=1S/C23H29N5O3S/c1-15-13-17(16(2)25-19-7-5-6-8-20(19)32(4,24)30)21-18(14-15)22(29)27(3)23(26-21)28-9-11-31-12-10-28/h5-8,13-14,16,24-25H,9-12H2,1-4H3/t16-,32-/m0/s1. The van der Waals surface area contributed by atoms with Crippen LogP contribution in [-0.4, -0.2) is 46.3 Å². The molecule has 2 N–H and O–H groups in total. The van der Waals surface area contributed by atoms with E-state index in [9.17, 15) is 9.00 Å². The molecule has 2 atom stereocenters. The van der Waals surface area contributed by atoms with Gasteiger partial charge < -0.3 is 15.0 Å². The minimum atomic E-state index is -2.90. The average molecular weight is 456 g/mol. The number of benzene rings is 2. The van der Waals surface area contributed by atoms with E-state index in [1.54, 1.807) is 23.7 Å². The molecule has 1 aliphatic rings. The van der Waals surface area contributed by atoms with Crippen LogP contribution in [0.1, 0.15) is 24.1 Å². The maximum absolute atomic E-state index is 13.2. The number of hydrogen-bond acceptors (Lipinski definition) is 7. The SMILES string of the molecule is Cc1cc([C@H](C)Nc2ccccc2[S@@](C)(=N)=O)c2nc(N3CCOCC3)n(C)c(=O)c2c1. The highest BCUT2D eigenvalue weighted by molar-refractivity contribution is 7.91. The molecular weight excluding hydrogens is 426 g/mol. The monoisotopic (exact) mass is 455 g/mol. The highest BCUT2D eigenvalue weighted by atomic mass is 32.2. The fourth-order valence-corrected chi connectivity index (χ4v) is 5.04. The van der Waals surface area contributed by atoms with E-state index in [0.717, 1.165) is 11.1 Å². The van der Waals surface area contributed by atoms with Crippen molar-refractivity contribution >= 4 is 32.3 Å². The van der Waals surface area contributed by atoms with E-state index in [-0.39, 0.29) is 11.6 Å². The highest BCUT2D eigenvalue weighted by Gasteiger charge is 2.21. The summed E-state index contributed by atoms with van der Waals surface area (Å²) in [6.45, 7) is 6.52. The van der Waals surface area contributed by atoms with Crippen molar-refractivity contribution in [2.45, 2.75) is 24.8 Å². The number of para-hydroxylation sites is 1. The van der Waals surface area contributed by atoms with Crippen LogP contribution >= 0.6 is 0 Å². The van der Waals surface area contributed by atoms with E-state index in [0.29, 0.717) is 53.7 Å². The third kappa shape index (κ3) is 4.22. The van der Waals surface area contributed by atoms with Crippen molar-refractivity contribution < 1.29 is 8.95 Å². The van der Waals surface area contributed by atoms with Gasteiger partial charge in [-0.3, -0.25) is 9.36 Å². The summed E-state index contributed by atoms with van der Waals surface area (Å²) in [5.74, 6) is 0.631. The highest BCUT2D eigenvalue weighted by Crippen LogP contribution is 2.30. The largest absolute Gasteiger partial charge is 0.378 e. The first-order valence-corrected chi connectivity index (χ1v) is 12.6. The second-order valence-electron chi connectivity index (χ2n) is 8.33. The Morgan fingerprint density at radius 1 is 1.22 bits per heavy atom. The summed E-state index contributed by atoms with van der Waals surface area (Å²) >= 11 is 0. The van der Waals surface area contributed by atoms with E-state index in [4.69, 9.17) is 14.5 Å². The van der Waals surface area contributed by atoms with Gasteiger partial charge in [-0.15, -0.1) is 0 Å². The zero-order valence-electron chi connectivity index (χ0n) is 18.8. The van der Waals surface area contributed by atoms with Gasteiger partial charge in [0.2, 0.25) is 5.95 Å². The van der Waals surface area contributed by atoms with Crippen LogP contribution in [0.3, 0.4) is 0 Å². The van der Waals surface area contributed by atoms with Crippen molar-refractivity contribution in [1.29, 1.82) is 4.78 Å². The molecule has 0 saturated carbocycles. The summed E-state index contributed by atoms with van der Waals surface area (Å²) in [6.07, 6.45) is 1.42. The molecule has 0 aliphatic carbocycles. The summed E-state index contributed by atoms with van der Waals surface area (Å²) < 4.78 is 27.6. The predicted octanol–water partition coefficient (Wildman–Crippen LogP) is 3.29. The first-order valence-electron chi connectivity index (χ1n) is 10.6. The Morgan fingerprint density at radius 3 is 2.59 bits per heavy atom. The number of hydrogen-bond donors (Lipinski definition) is 2. The van der Waals surface area contributed by atoms with Crippen molar-refractivity contribution in [2.75, 3.05) is 42.8 Å². The third-order valence-electron chi connectivity index (χ3n) is 5.77. The number of aromatic nitrogens is 2. The summed E-state index contributed by atoms with van der Waals surface area (Å²) in [6, 6.07) is 10.9. The van der Waals surface area contributed by atoms with E-state index in [1.807, 2.05) is 38.1 Å². The van der Waals surface area contributed by atoms with Crippen molar-refractivity contribution in [1.82, 2.24) is 9.55 Å². The summed E-state index contributed by atoms with van der Waals surface area (Å²) in [5.41, 5.74) is 3.06. The summed E-state index contributed by atoms with van der Waals surface area (Å²) in [5, 5.41) is 3.97. The van der Waals surface area contributed by atoms with Gasteiger partial charge in [-0.1, -0.05) is 18.2 Å². The molecule has 4 rings (SSSR count). The fourth-order valence-electron chi connectivity index (χ4n) is 4.15. The third-order valence-corrected chi connectivity index (χ3v) is 6.97. The maximum atomic E-state index is 13.2. The molecule has 2 heterocycles. The van der Waals surface area contributed by atoms with Gasteiger partial charge in [-0.05, 0) is 37.6 Å². The van der Waals surface area contributed by atoms with E-state index >= 15 is 0 Å². The maximum Gasteiger partial charge on any atom is 0.262 e. The van der Waals surface area contributed by atoms with Crippen LogP contribution in [-0.2, 0) is 21.5 Å². The Kier molecular flexibility index (Phi) is 5.96. The Balaban J connectivity index is 1.84. The van der Waals surface area contributed by atoms with Crippen LogP contribution < -0.4 is 15.8 Å². The Labute approximate surface area is 188 Å². The molecule has 0 spiro atoms. The van der Waals surface area contributed by atoms with Gasteiger partial charge in [0.1, 0.15) is 0 Å². The molecule has 0 bridgehead atoms. The van der Waals surface area contributed by atoms with Gasteiger partial charge in [0.05, 0.1) is 50.5 Å². The Morgan fingerprint density at radius 2 is 1.91 bits per heavy atom. The Hall–Kier alpha value is -2.91. The molecule has 1 saturated heterocycles. The lowest BCUT2D eigenvalue weighted by molar-refractivity contribution is 0.121. The number of nitrogens with zero attached hydrogens (tertiary/aromatic N) is 3. The van der Waals surface area contributed by atoms with Crippen molar-refractivity contribution in [3.8, 4) is 0 Å². The molecule has 9 heteroatoms. The van der Waals surface area contributed by atoms with Crippen LogP contribution in [0.2, 0.25) is 0 Å². The second-order valence-corrected chi connectivity index (χ2v) is 10.5. The number of rotatable bonds is 5.